The Bertz CT molecular complexity index is 502. The van der Waals surface area contributed by atoms with Gasteiger partial charge in [-0.3, -0.25) is 4.79 Å². The van der Waals surface area contributed by atoms with Crippen molar-refractivity contribution < 1.29 is 19.4 Å². The van der Waals surface area contributed by atoms with Crippen molar-refractivity contribution in [2.75, 3.05) is 13.7 Å². The molecule has 1 saturated carbocycles. The number of carbonyl (C=O) groups is 1. The van der Waals surface area contributed by atoms with Crippen LogP contribution in [0.4, 0.5) is 0 Å². The number of benzene rings is 1. The fourth-order valence-electron chi connectivity index (χ4n) is 1.90. The highest BCUT2D eigenvalue weighted by Crippen LogP contribution is 2.38. The first-order valence-electron chi connectivity index (χ1n) is 6.49. The highest BCUT2D eigenvalue weighted by molar-refractivity contribution is 6.31. The van der Waals surface area contributed by atoms with Crippen LogP contribution in [0.5, 0.6) is 11.5 Å². The normalized spacial score (nSPS) is 15.8. The quantitative estimate of drug-likeness (QED) is 0.809. The molecule has 0 radical (unpaired) electrons. The number of rotatable bonds is 7. The molecule has 6 heteroatoms. The molecule has 1 unspecified atom stereocenters. The van der Waals surface area contributed by atoms with Gasteiger partial charge in [0.1, 0.15) is 0 Å². The fraction of sp³-hybridized carbons (Fsp3) is 0.500. The first-order valence-corrected chi connectivity index (χ1v) is 6.86. The highest BCUT2D eigenvalue weighted by Gasteiger charge is 2.23. The van der Waals surface area contributed by atoms with E-state index in [9.17, 15) is 4.79 Å². The molecule has 110 valence electrons. The first kappa shape index (κ1) is 14.9. The first-order chi connectivity index (χ1) is 9.51. The average molecular weight is 300 g/mol. The monoisotopic (exact) mass is 299 g/mol. The molecule has 20 heavy (non-hydrogen) atoms. The molecule has 0 bridgehead atoms. The van der Waals surface area contributed by atoms with E-state index in [1.165, 1.54) is 20.0 Å². The molecule has 5 nitrogen and oxygen atoms in total. The number of nitrogens with two attached hydrogens (primary N) is 1. The van der Waals surface area contributed by atoms with Gasteiger partial charge in [0.25, 0.3) is 0 Å². The van der Waals surface area contributed by atoms with Crippen LogP contribution in [0.15, 0.2) is 12.1 Å². The minimum absolute atomic E-state index is 0.189. The maximum Gasteiger partial charge on any atom is 0.305 e. The van der Waals surface area contributed by atoms with Gasteiger partial charge in [0, 0.05) is 17.1 Å². The molecule has 0 saturated heterocycles. The van der Waals surface area contributed by atoms with Crippen molar-refractivity contribution in [3.8, 4) is 11.5 Å². The van der Waals surface area contributed by atoms with Gasteiger partial charge in [0.15, 0.2) is 11.5 Å². The second-order valence-corrected chi connectivity index (χ2v) is 5.39. The molecule has 2 rings (SSSR count). The molecule has 1 atom stereocenters. The van der Waals surface area contributed by atoms with Crippen molar-refractivity contribution in [3.05, 3.63) is 22.7 Å². The third-order valence-corrected chi connectivity index (χ3v) is 3.58. The summed E-state index contributed by atoms with van der Waals surface area (Å²) in [6.45, 7) is 0.646. The van der Waals surface area contributed by atoms with Gasteiger partial charge >= 0.3 is 5.97 Å². The zero-order chi connectivity index (χ0) is 14.7. The molecule has 1 aliphatic carbocycles. The van der Waals surface area contributed by atoms with Gasteiger partial charge in [0.2, 0.25) is 0 Å². The van der Waals surface area contributed by atoms with E-state index in [0.717, 1.165) is 0 Å². The van der Waals surface area contributed by atoms with Crippen LogP contribution in [0.25, 0.3) is 0 Å². The van der Waals surface area contributed by atoms with Gasteiger partial charge in [-0.05, 0) is 30.4 Å². The van der Waals surface area contributed by atoms with E-state index in [4.69, 9.17) is 31.9 Å². The summed E-state index contributed by atoms with van der Waals surface area (Å²) < 4.78 is 10.9. The number of carboxylic acid groups (broad SMARTS) is 1. The van der Waals surface area contributed by atoms with Crippen molar-refractivity contribution in [1.82, 2.24) is 0 Å². The predicted octanol–water partition coefficient (Wildman–Crippen LogP) is 2.61. The number of aliphatic carboxylic acids is 1. The Morgan fingerprint density at radius 1 is 1.50 bits per heavy atom. The molecular formula is C14H18ClNO4. The standard InChI is InChI=1S/C14H18ClNO4/c1-19-12-4-9(11(16)6-14(17)18)10(15)5-13(12)20-7-8-2-3-8/h4-5,8,11H,2-3,6-7,16H2,1H3,(H,17,18). The summed E-state index contributed by atoms with van der Waals surface area (Å²) in [4.78, 5) is 10.7. The molecule has 1 aromatic carbocycles. The van der Waals surface area contributed by atoms with Crippen molar-refractivity contribution in [3.63, 3.8) is 0 Å². The van der Waals surface area contributed by atoms with Crippen LogP contribution >= 0.6 is 11.6 Å². The van der Waals surface area contributed by atoms with E-state index >= 15 is 0 Å². The Morgan fingerprint density at radius 3 is 2.75 bits per heavy atom. The maximum atomic E-state index is 10.7. The van der Waals surface area contributed by atoms with Crippen molar-refractivity contribution in [1.29, 1.82) is 0 Å². The van der Waals surface area contributed by atoms with E-state index in [-0.39, 0.29) is 6.42 Å². The molecule has 1 fully saturated rings. The number of hydrogen-bond acceptors (Lipinski definition) is 4. The third-order valence-electron chi connectivity index (χ3n) is 3.25. The van der Waals surface area contributed by atoms with Crippen LogP contribution in [-0.2, 0) is 4.79 Å². The summed E-state index contributed by atoms with van der Waals surface area (Å²) in [5.74, 6) is 0.732. The Labute approximate surface area is 122 Å². The lowest BCUT2D eigenvalue weighted by atomic mass is 10.0. The van der Waals surface area contributed by atoms with Gasteiger partial charge in [-0.2, -0.15) is 0 Å². The van der Waals surface area contributed by atoms with Gasteiger partial charge in [-0.1, -0.05) is 11.6 Å². The largest absolute Gasteiger partial charge is 0.493 e. The molecule has 0 aromatic heterocycles. The number of hydrogen-bond donors (Lipinski definition) is 2. The Morgan fingerprint density at radius 2 is 2.20 bits per heavy atom. The number of carboxylic acids is 1. The minimum atomic E-state index is -0.971. The summed E-state index contributed by atoms with van der Waals surface area (Å²) >= 11 is 6.16. The van der Waals surface area contributed by atoms with Crippen LogP contribution in [0.2, 0.25) is 5.02 Å². The molecule has 0 heterocycles. The van der Waals surface area contributed by atoms with Crippen molar-refractivity contribution in [2.24, 2.45) is 11.7 Å². The van der Waals surface area contributed by atoms with Crippen molar-refractivity contribution in [2.45, 2.75) is 25.3 Å². The zero-order valence-electron chi connectivity index (χ0n) is 11.3. The smallest absolute Gasteiger partial charge is 0.305 e. The van der Waals surface area contributed by atoms with E-state index in [0.29, 0.717) is 34.6 Å². The minimum Gasteiger partial charge on any atom is -0.493 e. The molecule has 0 amide bonds. The van der Waals surface area contributed by atoms with E-state index < -0.39 is 12.0 Å². The van der Waals surface area contributed by atoms with E-state index in [1.54, 1.807) is 12.1 Å². The van der Waals surface area contributed by atoms with Gasteiger partial charge in [-0.25, -0.2) is 0 Å². The summed E-state index contributed by atoms with van der Waals surface area (Å²) in [5.41, 5.74) is 6.39. The summed E-state index contributed by atoms with van der Waals surface area (Å²) in [6, 6.07) is 2.62. The van der Waals surface area contributed by atoms with Gasteiger partial charge in [0.05, 0.1) is 20.1 Å². The molecule has 0 aliphatic heterocycles. The molecule has 0 spiro atoms. The van der Waals surface area contributed by atoms with Gasteiger partial charge < -0.3 is 20.3 Å². The molecule has 1 aromatic rings. The summed E-state index contributed by atoms with van der Waals surface area (Å²) in [5, 5.41) is 9.18. The second-order valence-electron chi connectivity index (χ2n) is 4.98. The second kappa shape index (κ2) is 6.33. The predicted molar refractivity (Wildman–Crippen MR) is 75.4 cm³/mol. The lowest BCUT2D eigenvalue weighted by Gasteiger charge is -2.16. The molecular weight excluding hydrogens is 282 g/mol. The topological polar surface area (TPSA) is 81.8 Å². The Kier molecular flexibility index (Phi) is 4.73. The van der Waals surface area contributed by atoms with Crippen LogP contribution in [0.3, 0.4) is 0 Å². The zero-order valence-corrected chi connectivity index (χ0v) is 12.0. The van der Waals surface area contributed by atoms with Crippen LogP contribution in [0, 0.1) is 5.92 Å². The van der Waals surface area contributed by atoms with Gasteiger partial charge in [-0.15, -0.1) is 0 Å². The maximum absolute atomic E-state index is 10.7. The Balaban J connectivity index is 2.18. The van der Waals surface area contributed by atoms with Crippen LogP contribution in [0.1, 0.15) is 30.9 Å². The lowest BCUT2D eigenvalue weighted by molar-refractivity contribution is -0.137. The highest BCUT2D eigenvalue weighted by atomic mass is 35.5. The number of methoxy groups -OCH3 is 1. The van der Waals surface area contributed by atoms with E-state index in [1.807, 2.05) is 0 Å². The van der Waals surface area contributed by atoms with Crippen LogP contribution < -0.4 is 15.2 Å². The molecule has 1 aliphatic rings. The van der Waals surface area contributed by atoms with E-state index in [2.05, 4.69) is 0 Å². The average Bonchev–Trinajstić information content (AvgIpc) is 3.19. The Hall–Kier alpha value is -1.46. The summed E-state index contributed by atoms with van der Waals surface area (Å²) in [6.07, 6.45) is 2.19. The molecule has 3 N–H and O–H groups in total. The lowest BCUT2D eigenvalue weighted by Crippen LogP contribution is -2.15. The fourth-order valence-corrected chi connectivity index (χ4v) is 2.19. The van der Waals surface area contributed by atoms with Crippen molar-refractivity contribution >= 4 is 17.6 Å². The SMILES string of the molecule is COc1cc(C(N)CC(=O)O)c(Cl)cc1OCC1CC1. The number of ether oxygens (including phenoxy) is 2. The van der Waals surface area contributed by atoms with Crippen LogP contribution in [-0.4, -0.2) is 24.8 Å². The summed E-state index contributed by atoms with van der Waals surface area (Å²) in [7, 11) is 1.53. The number of halogens is 1. The third kappa shape index (κ3) is 3.77.